The Labute approximate surface area is 275 Å². The van der Waals surface area contributed by atoms with Crippen LogP contribution in [-0.4, -0.2) is 121 Å². The molecule has 0 fully saturated rings. The fraction of sp³-hybridized carbons (Fsp3) is 0.344. The van der Waals surface area contributed by atoms with Gasteiger partial charge in [-0.15, -0.1) is 0 Å². The van der Waals surface area contributed by atoms with E-state index in [-0.39, 0.29) is 55.0 Å². The van der Waals surface area contributed by atoms with Crippen LogP contribution in [0.25, 0.3) is 12.2 Å². The minimum atomic E-state index is -1.79. The maximum atomic E-state index is 11.9. The Morgan fingerprint density at radius 2 is 1.15 bits per heavy atom. The average Bonchev–Trinajstić information content (AvgIpc) is 3.06. The lowest BCUT2D eigenvalue weighted by Crippen LogP contribution is -2.46. The number of aromatic hydroxyl groups is 2. The lowest BCUT2D eigenvalue weighted by Gasteiger charge is -2.22. The van der Waals surface area contributed by atoms with Crippen molar-refractivity contribution in [2.24, 2.45) is 0 Å². The van der Waals surface area contributed by atoms with Gasteiger partial charge < -0.3 is 60.2 Å². The van der Waals surface area contributed by atoms with Gasteiger partial charge in [0.2, 0.25) is 0 Å². The molecule has 0 unspecified atom stereocenters. The molecule has 264 valence electrons. The number of carbonyl (C=O) groups is 5. The number of hydrogen-bond donors (Lipinski definition) is 9. The summed E-state index contributed by atoms with van der Waals surface area (Å²) in [5, 5.41) is 78.7. The van der Waals surface area contributed by atoms with Gasteiger partial charge in [-0.2, -0.15) is 0 Å². The third-order valence-electron chi connectivity index (χ3n) is 5.88. The van der Waals surface area contributed by atoms with E-state index in [0.29, 0.717) is 22.6 Å². The number of carboxylic acid groups (broad SMARTS) is 2. The van der Waals surface area contributed by atoms with E-state index in [1.54, 1.807) is 36.4 Å². The minimum absolute atomic E-state index is 0.00662. The van der Waals surface area contributed by atoms with E-state index in [9.17, 15) is 34.2 Å². The fourth-order valence-corrected chi connectivity index (χ4v) is 3.27. The van der Waals surface area contributed by atoms with Crippen molar-refractivity contribution in [2.45, 2.75) is 50.1 Å². The molecule has 48 heavy (non-hydrogen) atoms. The normalized spacial score (nSPS) is 13.1. The molecule has 0 bridgehead atoms. The van der Waals surface area contributed by atoms with E-state index in [2.05, 4.69) is 0 Å². The van der Waals surface area contributed by atoms with Gasteiger partial charge in [0.1, 0.15) is 24.4 Å². The molecule has 0 aliphatic heterocycles. The summed E-state index contributed by atoms with van der Waals surface area (Å²) < 4.78 is 10.00. The summed E-state index contributed by atoms with van der Waals surface area (Å²) in [6.45, 7) is -0.760. The Balaban J connectivity index is 0.000000867. The lowest BCUT2D eigenvalue weighted by atomic mass is 10.0. The predicted octanol–water partition coefficient (Wildman–Crippen LogP) is 0.317. The standard InChI is InChI=1S/C21H20O6.C6H12O6.C5H8O4/c1-26-20-11-14(5-9-18(20)24)3-7-16(22)13-17(23)8-4-15-6-10-19(25)21(12-15)27-2;7-1-3(9)5(11)6(12)4(10)2-8;6-4(7)2-1-3-5(8)9/h3-12,24-25H,13H2,1-2H3;1,3-6,8-12H,2H2;1-3H2,(H,6,7)(H,8,9)/b7-3+,8-4+;;/t;3-,4+,5+,6+;/m.0./s1. The lowest BCUT2D eigenvalue weighted by molar-refractivity contribution is -0.139. The number of benzene rings is 2. The van der Waals surface area contributed by atoms with Gasteiger partial charge in [-0.05, 0) is 54.0 Å². The van der Waals surface area contributed by atoms with Crippen LogP contribution in [0.2, 0.25) is 0 Å². The van der Waals surface area contributed by atoms with Crippen molar-refractivity contribution in [2.75, 3.05) is 20.8 Å². The third kappa shape index (κ3) is 17.5. The average molecular weight is 681 g/mol. The first-order chi connectivity index (χ1) is 22.6. The maximum absolute atomic E-state index is 11.9. The zero-order valence-electron chi connectivity index (χ0n) is 26.1. The smallest absolute Gasteiger partial charge is 0.303 e. The summed E-state index contributed by atoms with van der Waals surface area (Å²) in [6.07, 6.45) is -1.31. The number of phenols is 2. The number of aliphatic hydroxyl groups excluding tert-OH is 5. The van der Waals surface area contributed by atoms with Gasteiger partial charge in [-0.3, -0.25) is 19.2 Å². The maximum Gasteiger partial charge on any atom is 0.303 e. The summed E-state index contributed by atoms with van der Waals surface area (Å²) in [6, 6.07) is 9.34. The molecule has 0 aliphatic carbocycles. The van der Waals surface area contributed by atoms with Crippen LogP contribution < -0.4 is 9.47 Å². The molecule has 0 heterocycles. The van der Waals surface area contributed by atoms with Gasteiger partial charge in [-0.1, -0.05) is 24.3 Å². The molecule has 0 aliphatic rings. The van der Waals surface area contributed by atoms with Crippen molar-refractivity contribution in [3.05, 3.63) is 59.7 Å². The summed E-state index contributed by atoms with van der Waals surface area (Å²) >= 11 is 0. The van der Waals surface area contributed by atoms with Gasteiger partial charge in [0, 0.05) is 12.8 Å². The molecule has 0 saturated heterocycles. The van der Waals surface area contributed by atoms with Crippen LogP contribution in [0.1, 0.15) is 36.8 Å². The first-order valence-electron chi connectivity index (χ1n) is 14.0. The van der Waals surface area contributed by atoms with Gasteiger partial charge in [-0.25, -0.2) is 0 Å². The molecule has 0 aromatic heterocycles. The quantitative estimate of drug-likeness (QED) is 0.0617. The molecule has 2 aromatic rings. The van der Waals surface area contributed by atoms with Crippen molar-refractivity contribution in [3.8, 4) is 23.0 Å². The highest BCUT2D eigenvalue weighted by Gasteiger charge is 2.29. The minimum Gasteiger partial charge on any atom is -0.504 e. The van der Waals surface area contributed by atoms with Crippen LogP contribution in [0.4, 0.5) is 0 Å². The summed E-state index contributed by atoms with van der Waals surface area (Å²) in [5.74, 6) is -1.98. The van der Waals surface area contributed by atoms with Crippen LogP contribution in [0.15, 0.2) is 48.6 Å². The first-order valence-corrected chi connectivity index (χ1v) is 14.0. The SMILES string of the molecule is COc1cc(/C=C/C(=O)CC(=O)/C=C/c2ccc(O)c(OC)c2)ccc1O.O=C(O)CCCC(=O)O.O=C[C@H](O)[C@@H](O)[C@H](O)[C@H](O)CO. The van der Waals surface area contributed by atoms with Crippen molar-refractivity contribution in [1.29, 1.82) is 0 Å². The summed E-state index contributed by atoms with van der Waals surface area (Å²) in [7, 11) is 2.87. The summed E-state index contributed by atoms with van der Waals surface area (Å²) in [5.41, 5.74) is 1.33. The van der Waals surface area contributed by atoms with E-state index in [4.69, 9.17) is 45.2 Å². The first kappa shape index (κ1) is 42.9. The fourth-order valence-electron chi connectivity index (χ4n) is 3.27. The monoisotopic (exact) mass is 680 g/mol. The Morgan fingerprint density at radius 3 is 1.48 bits per heavy atom. The molecule has 0 saturated carbocycles. The molecule has 0 radical (unpaired) electrons. The molecule has 0 spiro atoms. The van der Waals surface area contributed by atoms with Crippen molar-refractivity contribution >= 4 is 41.9 Å². The number of aliphatic hydroxyl groups is 5. The Bertz CT molecular complexity index is 1310. The molecule has 4 atom stereocenters. The Kier molecular flexibility index (Phi) is 20.7. The molecule has 2 aromatic carbocycles. The number of ketones is 2. The second-order valence-electron chi connectivity index (χ2n) is 9.64. The van der Waals surface area contributed by atoms with Crippen LogP contribution in [0.3, 0.4) is 0 Å². The number of carbonyl (C=O) groups excluding carboxylic acids is 3. The van der Waals surface area contributed by atoms with Crippen molar-refractivity contribution in [3.63, 3.8) is 0 Å². The van der Waals surface area contributed by atoms with E-state index in [1.165, 1.54) is 38.5 Å². The molecule has 9 N–H and O–H groups in total. The van der Waals surface area contributed by atoms with Crippen LogP contribution >= 0.6 is 0 Å². The number of carboxylic acids is 2. The second kappa shape index (κ2) is 23.2. The van der Waals surface area contributed by atoms with Gasteiger partial charge >= 0.3 is 11.9 Å². The van der Waals surface area contributed by atoms with Crippen LogP contribution in [-0.2, 0) is 24.0 Å². The van der Waals surface area contributed by atoms with E-state index in [0.717, 1.165) is 0 Å². The van der Waals surface area contributed by atoms with Gasteiger partial charge in [0.05, 0.1) is 27.2 Å². The van der Waals surface area contributed by atoms with E-state index >= 15 is 0 Å². The van der Waals surface area contributed by atoms with E-state index in [1.807, 2.05) is 0 Å². The number of aldehydes is 1. The third-order valence-corrected chi connectivity index (χ3v) is 5.88. The zero-order valence-corrected chi connectivity index (χ0v) is 26.1. The highest BCUT2D eigenvalue weighted by atomic mass is 16.5. The number of allylic oxidation sites excluding steroid dienone is 2. The largest absolute Gasteiger partial charge is 0.504 e. The number of hydrogen-bond acceptors (Lipinski definition) is 14. The number of rotatable bonds is 17. The number of phenolic OH excluding ortho intramolecular Hbond substituents is 2. The van der Waals surface area contributed by atoms with Crippen molar-refractivity contribution < 1.29 is 79.4 Å². The molecule has 16 heteroatoms. The zero-order chi connectivity index (χ0) is 36.8. The predicted molar refractivity (Wildman–Crippen MR) is 168 cm³/mol. The molecule has 0 amide bonds. The molecule has 2 rings (SSSR count). The van der Waals surface area contributed by atoms with E-state index < -0.39 is 43.0 Å². The van der Waals surface area contributed by atoms with Crippen LogP contribution in [0, 0.1) is 0 Å². The Hall–Kier alpha value is -5.13. The number of aliphatic carboxylic acids is 2. The Morgan fingerprint density at radius 1 is 0.729 bits per heavy atom. The number of methoxy groups -OCH3 is 2. The highest BCUT2D eigenvalue weighted by molar-refractivity contribution is 6.10. The van der Waals surface area contributed by atoms with Gasteiger partial charge in [0.15, 0.2) is 40.9 Å². The summed E-state index contributed by atoms with van der Waals surface area (Å²) in [4.78, 5) is 53.3. The molecular weight excluding hydrogens is 640 g/mol. The van der Waals surface area contributed by atoms with Gasteiger partial charge in [0.25, 0.3) is 0 Å². The molecular formula is C32H40O16. The van der Waals surface area contributed by atoms with Crippen LogP contribution in [0.5, 0.6) is 23.0 Å². The highest BCUT2D eigenvalue weighted by Crippen LogP contribution is 2.27. The van der Waals surface area contributed by atoms with Crippen molar-refractivity contribution in [1.82, 2.24) is 0 Å². The second-order valence-corrected chi connectivity index (χ2v) is 9.64. The molecule has 16 nitrogen and oxygen atoms in total. The number of ether oxygens (including phenoxy) is 2. The topological polar surface area (TPSA) is 286 Å².